The molecule has 6 nitrogen and oxygen atoms in total. The molecule has 2 heterocycles. The van der Waals surface area contributed by atoms with Crippen LogP contribution in [0.2, 0.25) is 0 Å². The predicted molar refractivity (Wildman–Crippen MR) is 99.8 cm³/mol. The highest BCUT2D eigenvalue weighted by Gasteiger charge is 2.15. The van der Waals surface area contributed by atoms with Gasteiger partial charge in [0.2, 0.25) is 0 Å². The molecule has 0 fully saturated rings. The minimum absolute atomic E-state index is 0.322. The Labute approximate surface area is 146 Å². The first-order chi connectivity index (χ1) is 11.3. The van der Waals surface area contributed by atoms with Crippen molar-refractivity contribution in [2.75, 3.05) is 5.75 Å². The lowest BCUT2D eigenvalue weighted by Gasteiger charge is -2.16. The lowest BCUT2D eigenvalue weighted by atomic mass is 9.96. The number of hydrogen-bond acceptors (Lipinski definition) is 4. The smallest absolute Gasteiger partial charge is 0.327 e. The number of imidazole rings is 1. The Morgan fingerprint density at radius 3 is 2.46 bits per heavy atom. The van der Waals surface area contributed by atoms with Gasteiger partial charge in [0.15, 0.2) is 16.3 Å². The van der Waals surface area contributed by atoms with Crippen LogP contribution in [0.4, 0.5) is 0 Å². The van der Waals surface area contributed by atoms with Crippen LogP contribution in [-0.2, 0) is 14.1 Å². The van der Waals surface area contributed by atoms with Gasteiger partial charge in [-0.15, -0.1) is 0 Å². The van der Waals surface area contributed by atoms with Crippen molar-refractivity contribution in [1.82, 2.24) is 19.1 Å². The Hall–Kier alpha value is -1.50. The van der Waals surface area contributed by atoms with E-state index >= 15 is 0 Å². The molecule has 1 unspecified atom stereocenters. The second-order valence-corrected chi connectivity index (χ2v) is 7.89. The van der Waals surface area contributed by atoms with Gasteiger partial charge in [-0.1, -0.05) is 45.4 Å². The average Bonchev–Trinajstić information content (AvgIpc) is 2.98. The molecule has 1 atom stereocenters. The van der Waals surface area contributed by atoms with Gasteiger partial charge in [0.05, 0.1) is 0 Å². The lowest BCUT2D eigenvalue weighted by Crippen LogP contribution is -2.36. The van der Waals surface area contributed by atoms with Crippen molar-refractivity contribution in [2.24, 2.45) is 25.9 Å². The first kappa shape index (κ1) is 18.8. The van der Waals surface area contributed by atoms with E-state index < -0.39 is 0 Å². The zero-order valence-electron chi connectivity index (χ0n) is 15.3. The van der Waals surface area contributed by atoms with Crippen LogP contribution in [-0.4, -0.2) is 24.9 Å². The van der Waals surface area contributed by atoms with Crippen LogP contribution in [0.3, 0.4) is 0 Å². The summed E-state index contributed by atoms with van der Waals surface area (Å²) in [5.41, 5.74) is 0.157. The highest BCUT2D eigenvalue weighted by Crippen LogP contribution is 2.25. The van der Waals surface area contributed by atoms with Gasteiger partial charge in [-0.05, 0) is 24.7 Å². The van der Waals surface area contributed by atoms with Crippen LogP contribution in [0.5, 0.6) is 0 Å². The van der Waals surface area contributed by atoms with Gasteiger partial charge in [0.25, 0.3) is 5.56 Å². The van der Waals surface area contributed by atoms with E-state index in [-0.39, 0.29) is 11.2 Å². The summed E-state index contributed by atoms with van der Waals surface area (Å²) in [4.78, 5) is 31.7. The number of nitrogens with zero attached hydrogens (tertiary/aromatic N) is 3. The van der Waals surface area contributed by atoms with Crippen LogP contribution in [0, 0.1) is 11.8 Å². The Bertz CT molecular complexity index is 803. The molecular weight excluding hydrogens is 324 g/mol. The fraction of sp³-hybridized carbons (Fsp3) is 0.706. The number of aromatic nitrogens is 4. The molecule has 0 saturated heterocycles. The van der Waals surface area contributed by atoms with Crippen molar-refractivity contribution >= 4 is 22.9 Å². The molecular formula is C17H28N4O2S. The third kappa shape index (κ3) is 4.12. The number of fused-ring (bicyclic) bond motifs is 1. The molecule has 0 bridgehead atoms. The van der Waals surface area contributed by atoms with Gasteiger partial charge in [-0.2, -0.15) is 0 Å². The van der Waals surface area contributed by atoms with Crippen LogP contribution in [0.15, 0.2) is 14.7 Å². The summed E-state index contributed by atoms with van der Waals surface area (Å²) in [5.74, 6) is 2.36. The van der Waals surface area contributed by atoms with E-state index in [2.05, 4.69) is 30.7 Å². The lowest BCUT2D eigenvalue weighted by molar-refractivity contribution is 0.430. The number of aryl methyl sites for hydroxylation is 1. The Kier molecular flexibility index (Phi) is 6.32. The number of nitrogens with one attached hydrogen (secondary N) is 1. The Balaban J connectivity index is 2.18. The maximum absolute atomic E-state index is 12.2. The molecule has 1 N–H and O–H groups in total. The van der Waals surface area contributed by atoms with Crippen LogP contribution in [0.25, 0.3) is 11.2 Å². The summed E-state index contributed by atoms with van der Waals surface area (Å²) in [6.45, 7) is 6.73. The molecule has 0 amide bonds. The van der Waals surface area contributed by atoms with E-state index in [0.717, 1.165) is 16.2 Å². The summed E-state index contributed by atoms with van der Waals surface area (Å²) < 4.78 is 2.52. The van der Waals surface area contributed by atoms with Gasteiger partial charge in [0.1, 0.15) is 0 Å². The van der Waals surface area contributed by atoms with E-state index in [0.29, 0.717) is 22.2 Å². The van der Waals surface area contributed by atoms with Crippen LogP contribution < -0.4 is 11.2 Å². The Morgan fingerprint density at radius 1 is 1.12 bits per heavy atom. The van der Waals surface area contributed by atoms with Crippen molar-refractivity contribution in [3.63, 3.8) is 0 Å². The molecule has 2 aromatic heterocycles. The summed E-state index contributed by atoms with van der Waals surface area (Å²) in [7, 11) is 3.13. The van der Waals surface area contributed by atoms with Gasteiger partial charge in [-0.25, -0.2) is 9.78 Å². The van der Waals surface area contributed by atoms with Gasteiger partial charge in [-0.3, -0.25) is 13.9 Å². The predicted octanol–water partition coefficient (Wildman–Crippen LogP) is 2.90. The van der Waals surface area contributed by atoms with E-state index in [1.807, 2.05) is 0 Å². The van der Waals surface area contributed by atoms with E-state index in [4.69, 9.17) is 0 Å². The second-order valence-electron chi connectivity index (χ2n) is 6.88. The molecule has 0 aliphatic rings. The summed E-state index contributed by atoms with van der Waals surface area (Å²) in [6, 6.07) is 0. The molecule has 0 aliphatic heterocycles. The zero-order valence-corrected chi connectivity index (χ0v) is 16.1. The van der Waals surface area contributed by atoms with Gasteiger partial charge in [0, 0.05) is 19.8 Å². The number of H-pyrrole nitrogens is 1. The molecule has 24 heavy (non-hydrogen) atoms. The van der Waals surface area contributed by atoms with Crippen molar-refractivity contribution in [3.8, 4) is 0 Å². The van der Waals surface area contributed by atoms with E-state index in [1.165, 1.54) is 37.3 Å². The standard InChI is InChI=1S/C17H28N4O2S/c1-6-7-12(9-8-11(2)3)10-24-16-18-13-14(19-16)20(4)17(23)21(5)15(13)22/h11-12H,6-10H2,1-5H3,(H,18,19). The SMILES string of the molecule is CCCC(CCC(C)C)CSc1nc2c([nH]1)c(=O)n(C)c(=O)n2C. The number of hydrogen-bond donors (Lipinski definition) is 1. The molecule has 0 aromatic carbocycles. The zero-order chi connectivity index (χ0) is 17.9. The molecule has 2 rings (SSSR count). The fourth-order valence-electron chi connectivity index (χ4n) is 2.86. The average molecular weight is 353 g/mol. The molecule has 134 valence electrons. The quantitative estimate of drug-likeness (QED) is 0.742. The normalized spacial score (nSPS) is 13.1. The largest absolute Gasteiger partial charge is 0.332 e. The third-order valence-corrected chi connectivity index (χ3v) is 5.48. The first-order valence-corrected chi connectivity index (χ1v) is 9.62. The molecule has 0 saturated carbocycles. The summed E-state index contributed by atoms with van der Waals surface area (Å²) >= 11 is 1.64. The second kappa shape index (κ2) is 8.05. The summed E-state index contributed by atoms with van der Waals surface area (Å²) in [6.07, 6.45) is 4.85. The topological polar surface area (TPSA) is 72.7 Å². The van der Waals surface area contributed by atoms with Crippen LogP contribution in [0.1, 0.15) is 46.5 Å². The minimum atomic E-state index is -0.351. The molecule has 0 radical (unpaired) electrons. The van der Waals surface area contributed by atoms with E-state index in [9.17, 15) is 9.59 Å². The highest BCUT2D eigenvalue weighted by atomic mass is 32.2. The Morgan fingerprint density at radius 2 is 1.83 bits per heavy atom. The van der Waals surface area contributed by atoms with Crippen molar-refractivity contribution in [1.29, 1.82) is 0 Å². The minimum Gasteiger partial charge on any atom is -0.327 e. The molecule has 0 spiro atoms. The number of aromatic amines is 1. The van der Waals surface area contributed by atoms with E-state index in [1.54, 1.807) is 18.8 Å². The van der Waals surface area contributed by atoms with Crippen molar-refractivity contribution < 1.29 is 0 Å². The van der Waals surface area contributed by atoms with Crippen molar-refractivity contribution in [2.45, 2.75) is 51.6 Å². The summed E-state index contributed by atoms with van der Waals surface area (Å²) in [5, 5.41) is 0.717. The van der Waals surface area contributed by atoms with Crippen molar-refractivity contribution in [3.05, 3.63) is 20.8 Å². The fourth-order valence-corrected chi connectivity index (χ4v) is 3.91. The third-order valence-electron chi connectivity index (χ3n) is 4.38. The molecule has 0 aliphatic carbocycles. The van der Waals surface area contributed by atoms with Gasteiger partial charge < -0.3 is 4.98 Å². The maximum Gasteiger partial charge on any atom is 0.332 e. The highest BCUT2D eigenvalue weighted by molar-refractivity contribution is 7.99. The monoisotopic (exact) mass is 352 g/mol. The van der Waals surface area contributed by atoms with Gasteiger partial charge >= 0.3 is 5.69 Å². The number of rotatable bonds is 8. The van der Waals surface area contributed by atoms with Crippen LogP contribution >= 0.6 is 11.8 Å². The number of thioether (sulfide) groups is 1. The maximum atomic E-state index is 12.2. The molecule has 7 heteroatoms. The first-order valence-electron chi connectivity index (χ1n) is 8.63. The molecule has 2 aromatic rings.